The third-order valence-corrected chi connectivity index (χ3v) is 6.52. The average Bonchev–Trinajstić information content (AvgIpc) is 2.93. The number of hydrogen-bond donors (Lipinski definition) is 3. The van der Waals surface area contributed by atoms with Crippen LogP contribution in [0.25, 0.3) is 10.9 Å². The Morgan fingerprint density at radius 1 is 1.10 bits per heavy atom. The van der Waals surface area contributed by atoms with Crippen molar-refractivity contribution in [2.45, 2.75) is 44.3 Å². The van der Waals surface area contributed by atoms with Crippen molar-refractivity contribution in [3.8, 4) is 5.75 Å². The molecule has 0 aliphatic rings. The molecule has 0 saturated heterocycles. The molecule has 1 unspecified atom stereocenters. The molecule has 29 heavy (non-hydrogen) atoms. The normalized spacial score (nSPS) is 13.7. The second kappa shape index (κ2) is 7.38. The summed E-state index contributed by atoms with van der Waals surface area (Å²) in [6.45, 7) is 4.91. The van der Waals surface area contributed by atoms with Crippen LogP contribution in [0.1, 0.15) is 22.3 Å². The van der Waals surface area contributed by atoms with Crippen molar-refractivity contribution >= 4 is 20.9 Å². The van der Waals surface area contributed by atoms with Gasteiger partial charge < -0.3 is 10.1 Å². The lowest BCUT2D eigenvalue weighted by molar-refractivity contribution is -0.150. The van der Waals surface area contributed by atoms with E-state index in [-0.39, 0.29) is 10.6 Å². The molecule has 0 bridgehead atoms. The second-order valence-corrected chi connectivity index (χ2v) is 8.84. The number of rotatable bonds is 5. The third-order valence-electron chi connectivity index (χ3n) is 4.74. The molecule has 9 heteroatoms. The average molecular weight is 426 g/mol. The van der Waals surface area contributed by atoms with Gasteiger partial charge in [0.25, 0.3) is 0 Å². The van der Waals surface area contributed by atoms with E-state index < -0.39 is 28.7 Å². The lowest BCUT2D eigenvalue weighted by Gasteiger charge is -2.23. The molecule has 3 rings (SSSR count). The highest BCUT2D eigenvalue weighted by molar-refractivity contribution is 7.89. The molecule has 3 N–H and O–H groups in total. The molecular formula is C20H21F3N2O3S. The number of aryl methyl sites for hydroxylation is 3. The van der Waals surface area contributed by atoms with Crippen LogP contribution in [-0.4, -0.2) is 30.7 Å². The zero-order valence-corrected chi connectivity index (χ0v) is 16.9. The van der Waals surface area contributed by atoms with Crippen LogP contribution in [0.2, 0.25) is 0 Å². The van der Waals surface area contributed by atoms with E-state index in [4.69, 9.17) is 0 Å². The van der Waals surface area contributed by atoms with Crippen molar-refractivity contribution in [2.75, 3.05) is 0 Å². The number of benzene rings is 2. The van der Waals surface area contributed by atoms with Crippen LogP contribution < -0.4 is 4.72 Å². The van der Waals surface area contributed by atoms with E-state index in [1.165, 1.54) is 24.4 Å². The van der Waals surface area contributed by atoms with Gasteiger partial charge in [-0.15, -0.1) is 0 Å². The number of hydrogen-bond acceptors (Lipinski definition) is 3. The standard InChI is InChI=1S/C20H21F3N2O3S/c1-11-6-12(2)19(13(3)7-11)29(27,28)25-18(20(21,22)23)8-14-10-24-17-9-15(26)4-5-16(14)17/h4-7,9-10,18,24-26H,8H2,1-3H3. The highest BCUT2D eigenvalue weighted by Gasteiger charge is 2.43. The maximum atomic E-state index is 13.7. The Bertz CT molecular complexity index is 1140. The number of alkyl halides is 3. The van der Waals surface area contributed by atoms with E-state index >= 15 is 0 Å². The number of nitrogens with one attached hydrogen (secondary N) is 2. The topological polar surface area (TPSA) is 82.2 Å². The van der Waals surface area contributed by atoms with Crippen LogP contribution in [0.15, 0.2) is 41.4 Å². The van der Waals surface area contributed by atoms with Crippen molar-refractivity contribution in [1.82, 2.24) is 9.71 Å². The molecule has 0 aliphatic carbocycles. The maximum absolute atomic E-state index is 13.7. The highest BCUT2D eigenvalue weighted by Crippen LogP contribution is 2.30. The Morgan fingerprint density at radius 2 is 1.72 bits per heavy atom. The molecule has 1 heterocycles. The predicted molar refractivity (Wildman–Crippen MR) is 104 cm³/mol. The molecule has 1 aromatic heterocycles. The molecule has 0 spiro atoms. The molecule has 0 amide bonds. The number of H-pyrrole nitrogens is 1. The number of aromatic hydroxyl groups is 1. The predicted octanol–water partition coefficient (Wildman–Crippen LogP) is 4.25. The fraction of sp³-hybridized carbons (Fsp3) is 0.300. The van der Waals surface area contributed by atoms with Crippen LogP contribution in [0.5, 0.6) is 5.75 Å². The first-order valence-corrected chi connectivity index (χ1v) is 10.3. The van der Waals surface area contributed by atoms with E-state index in [1.807, 2.05) is 4.72 Å². The maximum Gasteiger partial charge on any atom is 0.405 e. The van der Waals surface area contributed by atoms with Gasteiger partial charge in [-0.2, -0.15) is 17.9 Å². The van der Waals surface area contributed by atoms with Gasteiger partial charge in [0.05, 0.1) is 4.90 Å². The van der Waals surface area contributed by atoms with Gasteiger partial charge in [0.2, 0.25) is 10.0 Å². The minimum atomic E-state index is -4.79. The monoisotopic (exact) mass is 426 g/mol. The molecule has 2 aromatic carbocycles. The largest absolute Gasteiger partial charge is 0.508 e. The van der Waals surface area contributed by atoms with E-state index in [2.05, 4.69) is 4.98 Å². The van der Waals surface area contributed by atoms with Crippen LogP contribution in [-0.2, 0) is 16.4 Å². The Hall–Kier alpha value is -2.52. The summed E-state index contributed by atoms with van der Waals surface area (Å²) in [6.07, 6.45) is -3.99. The van der Waals surface area contributed by atoms with E-state index in [0.29, 0.717) is 27.6 Å². The second-order valence-electron chi connectivity index (χ2n) is 7.19. The van der Waals surface area contributed by atoms with Gasteiger partial charge in [-0.05, 0) is 56.0 Å². The van der Waals surface area contributed by atoms with Gasteiger partial charge in [0, 0.05) is 23.2 Å². The van der Waals surface area contributed by atoms with E-state index in [0.717, 1.165) is 5.56 Å². The molecule has 156 valence electrons. The van der Waals surface area contributed by atoms with Gasteiger partial charge in [-0.25, -0.2) is 8.42 Å². The molecular weight excluding hydrogens is 405 g/mol. The smallest absolute Gasteiger partial charge is 0.405 e. The van der Waals surface area contributed by atoms with Gasteiger partial charge in [0.1, 0.15) is 11.8 Å². The molecule has 3 aromatic rings. The summed E-state index contributed by atoms with van der Waals surface area (Å²) >= 11 is 0. The Labute approximate surface area is 166 Å². The Morgan fingerprint density at radius 3 is 2.31 bits per heavy atom. The first kappa shape index (κ1) is 21.2. The number of phenols is 1. The van der Waals surface area contributed by atoms with Gasteiger partial charge >= 0.3 is 6.18 Å². The number of fused-ring (bicyclic) bond motifs is 1. The number of aromatic nitrogens is 1. The summed E-state index contributed by atoms with van der Waals surface area (Å²) in [4.78, 5) is 2.66. The van der Waals surface area contributed by atoms with E-state index in [9.17, 15) is 26.7 Å². The molecule has 0 saturated carbocycles. The van der Waals surface area contributed by atoms with Crippen molar-refractivity contribution < 1.29 is 26.7 Å². The fourth-order valence-corrected chi connectivity index (χ4v) is 5.30. The first-order valence-electron chi connectivity index (χ1n) is 8.84. The Balaban J connectivity index is 1.98. The number of phenolic OH excluding ortho intramolecular Hbond substituents is 1. The first-order chi connectivity index (χ1) is 13.4. The lowest BCUT2D eigenvalue weighted by atomic mass is 10.1. The van der Waals surface area contributed by atoms with Gasteiger partial charge in [-0.3, -0.25) is 0 Å². The van der Waals surface area contributed by atoms with E-state index in [1.54, 1.807) is 32.9 Å². The summed E-state index contributed by atoms with van der Waals surface area (Å²) in [5, 5.41) is 9.99. The fourth-order valence-electron chi connectivity index (χ4n) is 3.62. The lowest BCUT2D eigenvalue weighted by Crippen LogP contribution is -2.47. The SMILES string of the molecule is Cc1cc(C)c(S(=O)(=O)NC(Cc2c[nH]c3cc(O)ccc23)C(F)(F)F)c(C)c1. The number of halogens is 3. The minimum Gasteiger partial charge on any atom is -0.508 e. The Kier molecular flexibility index (Phi) is 5.40. The summed E-state index contributed by atoms with van der Waals surface area (Å²) in [7, 11) is -4.40. The quantitative estimate of drug-likeness (QED) is 0.570. The molecule has 0 fully saturated rings. The molecule has 5 nitrogen and oxygen atoms in total. The summed E-state index contributed by atoms with van der Waals surface area (Å²) in [5.41, 5.74) is 2.36. The number of aromatic amines is 1. The van der Waals surface area contributed by atoms with Crippen molar-refractivity contribution in [2.24, 2.45) is 0 Å². The zero-order valence-electron chi connectivity index (χ0n) is 16.1. The third kappa shape index (κ3) is 4.40. The van der Waals surface area contributed by atoms with Crippen molar-refractivity contribution in [3.63, 3.8) is 0 Å². The van der Waals surface area contributed by atoms with Crippen LogP contribution in [0.3, 0.4) is 0 Å². The summed E-state index contributed by atoms with van der Waals surface area (Å²) in [5.74, 6) is -0.0238. The van der Waals surface area contributed by atoms with Crippen molar-refractivity contribution in [3.05, 3.63) is 58.8 Å². The van der Waals surface area contributed by atoms with Crippen molar-refractivity contribution in [1.29, 1.82) is 0 Å². The van der Waals surface area contributed by atoms with Crippen LogP contribution in [0.4, 0.5) is 13.2 Å². The summed E-state index contributed by atoms with van der Waals surface area (Å²) in [6, 6.07) is 5.19. The van der Waals surface area contributed by atoms with Gasteiger partial charge in [-0.1, -0.05) is 17.7 Å². The van der Waals surface area contributed by atoms with Crippen LogP contribution >= 0.6 is 0 Å². The van der Waals surface area contributed by atoms with Crippen LogP contribution in [0, 0.1) is 20.8 Å². The molecule has 0 radical (unpaired) electrons. The minimum absolute atomic E-state index is 0.0238. The number of sulfonamides is 1. The highest BCUT2D eigenvalue weighted by atomic mass is 32.2. The zero-order chi connectivity index (χ0) is 21.6. The molecule has 1 atom stereocenters. The summed E-state index contributed by atoms with van der Waals surface area (Å²) < 4.78 is 68.6. The van der Waals surface area contributed by atoms with Gasteiger partial charge in [0.15, 0.2) is 0 Å². The molecule has 0 aliphatic heterocycles.